The minimum atomic E-state index is 0. The summed E-state index contributed by atoms with van der Waals surface area (Å²) in [4.78, 5) is 9.70. The lowest BCUT2D eigenvalue weighted by molar-refractivity contribution is 0.344. The number of fused-ring (bicyclic) bond motifs is 1. The fourth-order valence-electron chi connectivity index (χ4n) is 3.97. The predicted octanol–water partition coefficient (Wildman–Crippen LogP) is 5.80. The molecule has 0 saturated heterocycles. The molecule has 3 aromatic rings. The summed E-state index contributed by atoms with van der Waals surface area (Å²) >= 11 is 6.28. The maximum Gasteiger partial charge on any atom is 0.152 e. The van der Waals surface area contributed by atoms with Crippen LogP contribution in [-0.2, 0) is 0 Å². The first-order chi connectivity index (χ1) is 14.2. The summed E-state index contributed by atoms with van der Waals surface area (Å²) in [6, 6.07) is 14.1. The Hall–Kier alpha value is -1.89. The highest BCUT2D eigenvalue weighted by Crippen LogP contribution is 2.36. The zero-order valence-corrected chi connectivity index (χ0v) is 19.6. The number of benzene rings is 2. The number of methoxy groups -OCH3 is 1. The molecule has 0 radical (unpaired) electrons. The van der Waals surface area contributed by atoms with Gasteiger partial charge in [-0.1, -0.05) is 29.8 Å². The van der Waals surface area contributed by atoms with Crippen molar-refractivity contribution in [3.05, 3.63) is 64.6 Å². The van der Waals surface area contributed by atoms with E-state index in [-0.39, 0.29) is 24.8 Å². The topological polar surface area (TPSA) is 73.1 Å². The molecule has 8 heteroatoms. The lowest BCUT2D eigenvalue weighted by Crippen LogP contribution is -2.37. The number of hydrogen-bond acceptors (Lipinski definition) is 5. The van der Waals surface area contributed by atoms with Gasteiger partial charge in [-0.2, -0.15) is 0 Å². The summed E-state index contributed by atoms with van der Waals surface area (Å²) in [5.74, 6) is 7.52. The van der Waals surface area contributed by atoms with Crippen molar-refractivity contribution in [2.45, 2.75) is 37.6 Å². The highest BCUT2D eigenvalue weighted by Gasteiger charge is 2.25. The molecule has 5 nitrogen and oxygen atoms in total. The Morgan fingerprint density at radius 3 is 2.45 bits per heavy atom. The molecule has 1 aliphatic rings. The molecule has 4 rings (SSSR count). The first kappa shape index (κ1) is 25.4. The van der Waals surface area contributed by atoms with E-state index in [4.69, 9.17) is 32.1 Å². The van der Waals surface area contributed by atoms with Crippen molar-refractivity contribution in [3.8, 4) is 5.75 Å². The SMILES string of the molecule is COc1ccc2nc(C=Cc3ccccc3Cl)nc([C@H]3CC[C@@H](NN)CC3)c2c1.Cl.Cl. The van der Waals surface area contributed by atoms with Crippen LogP contribution in [-0.4, -0.2) is 23.1 Å². The summed E-state index contributed by atoms with van der Waals surface area (Å²) in [6.07, 6.45) is 8.08. The highest BCUT2D eigenvalue weighted by atomic mass is 35.5. The largest absolute Gasteiger partial charge is 0.497 e. The molecule has 1 saturated carbocycles. The van der Waals surface area contributed by atoms with E-state index in [1.54, 1.807) is 7.11 Å². The molecule has 0 atom stereocenters. The van der Waals surface area contributed by atoms with E-state index in [1.165, 1.54) is 0 Å². The van der Waals surface area contributed by atoms with Gasteiger partial charge >= 0.3 is 0 Å². The number of ether oxygens (including phenoxy) is 1. The van der Waals surface area contributed by atoms with Crippen LogP contribution in [0, 0.1) is 0 Å². The van der Waals surface area contributed by atoms with E-state index in [1.807, 2.05) is 54.6 Å². The molecule has 1 aromatic heterocycles. The second-order valence-electron chi connectivity index (χ2n) is 7.42. The van der Waals surface area contributed by atoms with Crippen molar-refractivity contribution in [3.63, 3.8) is 0 Å². The Morgan fingerprint density at radius 1 is 1.03 bits per heavy atom. The van der Waals surface area contributed by atoms with E-state index >= 15 is 0 Å². The number of nitrogens with one attached hydrogen (secondary N) is 1. The maximum absolute atomic E-state index is 6.28. The minimum absolute atomic E-state index is 0. The number of nitrogens with two attached hydrogens (primary N) is 1. The molecule has 166 valence electrons. The molecule has 0 aliphatic heterocycles. The van der Waals surface area contributed by atoms with Crippen molar-refractivity contribution in [1.29, 1.82) is 0 Å². The summed E-state index contributed by atoms with van der Waals surface area (Å²) < 4.78 is 5.44. The Balaban J connectivity index is 0.00000171. The number of hydrogen-bond donors (Lipinski definition) is 2. The van der Waals surface area contributed by atoms with Gasteiger partial charge in [-0.3, -0.25) is 11.3 Å². The third-order valence-electron chi connectivity index (χ3n) is 5.62. The van der Waals surface area contributed by atoms with Crippen LogP contribution in [0.5, 0.6) is 5.75 Å². The third kappa shape index (κ3) is 5.88. The fraction of sp³-hybridized carbons (Fsp3) is 0.304. The molecule has 1 fully saturated rings. The van der Waals surface area contributed by atoms with Crippen LogP contribution in [0.4, 0.5) is 0 Å². The molecular weight excluding hydrogens is 455 g/mol. The molecule has 31 heavy (non-hydrogen) atoms. The molecule has 3 N–H and O–H groups in total. The number of aromatic nitrogens is 2. The lowest BCUT2D eigenvalue weighted by atomic mass is 9.83. The van der Waals surface area contributed by atoms with Gasteiger partial charge in [0, 0.05) is 22.4 Å². The average molecular weight is 482 g/mol. The molecule has 0 bridgehead atoms. The monoisotopic (exact) mass is 480 g/mol. The van der Waals surface area contributed by atoms with Gasteiger partial charge in [-0.25, -0.2) is 9.97 Å². The molecule has 1 aliphatic carbocycles. The van der Waals surface area contributed by atoms with Crippen LogP contribution in [0.25, 0.3) is 23.1 Å². The zero-order valence-electron chi connectivity index (χ0n) is 17.3. The third-order valence-corrected chi connectivity index (χ3v) is 5.96. The summed E-state index contributed by atoms with van der Waals surface area (Å²) in [6.45, 7) is 0. The molecule has 0 unspecified atom stereocenters. The van der Waals surface area contributed by atoms with Gasteiger partial charge in [0.15, 0.2) is 5.82 Å². The van der Waals surface area contributed by atoms with Crippen LogP contribution >= 0.6 is 36.4 Å². The van der Waals surface area contributed by atoms with Gasteiger partial charge in [0.1, 0.15) is 5.75 Å². The van der Waals surface area contributed by atoms with Crippen LogP contribution in [0.1, 0.15) is 48.7 Å². The highest BCUT2D eigenvalue weighted by molar-refractivity contribution is 6.32. The quantitative estimate of drug-likeness (QED) is 0.356. The van der Waals surface area contributed by atoms with E-state index in [0.29, 0.717) is 22.8 Å². The van der Waals surface area contributed by atoms with Crippen molar-refractivity contribution in [2.24, 2.45) is 5.84 Å². The van der Waals surface area contributed by atoms with Gasteiger partial charge in [0.2, 0.25) is 0 Å². The van der Waals surface area contributed by atoms with E-state index in [2.05, 4.69) is 5.43 Å². The number of hydrazine groups is 1. The van der Waals surface area contributed by atoms with Gasteiger partial charge in [0.25, 0.3) is 0 Å². The van der Waals surface area contributed by atoms with Gasteiger partial charge in [0.05, 0.1) is 18.3 Å². The van der Waals surface area contributed by atoms with Crippen molar-refractivity contribution in [1.82, 2.24) is 15.4 Å². The maximum atomic E-state index is 6.28. The second-order valence-corrected chi connectivity index (χ2v) is 7.83. The first-order valence-corrected chi connectivity index (χ1v) is 10.3. The summed E-state index contributed by atoms with van der Waals surface area (Å²) in [5, 5.41) is 1.77. The minimum Gasteiger partial charge on any atom is -0.497 e. The fourth-order valence-corrected chi connectivity index (χ4v) is 4.17. The summed E-state index contributed by atoms with van der Waals surface area (Å²) in [5.41, 5.74) is 5.87. The Kier molecular flexibility index (Phi) is 9.54. The lowest BCUT2D eigenvalue weighted by Gasteiger charge is -2.28. The smallest absolute Gasteiger partial charge is 0.152 e. The van der Waals surface area contributed by atoms with Gasteiger partial charge in [-0.05, 0) is 67.7 Å². The van der Waals surface area contributed by atoms with Crippen LogP contribution in [0.15, 0.2) is 42.5 Å². The van der Waals surface area contributed by atoms with Crippen molar-refractivity contribution < 1.29 is 4.74 Å². The molecule has 0 amide bonds. The Morgan fingerprint density at radius 2 is 1.77 bits per heavy atom. The average Bonchev–Trinajstić information content (AvgIpc) is 2.77. The van der Waals surface area contributed by atoms with E-state index in [0.717, 1.165) is 53.6 Å². The molecular formula is C23H27Cl3N4O. The van der Waals surface area contributed by atoms with Crippen LogP contribution in [0.2, 0.25) is 5.02 Å². The number of nitrogens with zero attached hydrogens (tertiary/aromatic N) is 2. The normalized spacial score (nSPS) is 18.4. The molecule has 1 heterocycles. The number of rotatable bonds is 5. The van der Waals surface area contributed by atoms with Gasteiger partial charge in [-0.15, -0.1) is 24.8 Å². The molecule has 0 spiro atoms. The van der Waals surface area contributed by atoms with E-state index < -0.39 is 0 Å². The second kappa shape index (κ2) is 11.7. The Bertz CT molecular complexity index is 1040. The van der Waals surface area contributed by atoms with Crippen LogP contribution < -0.4 is 16.0 Å². The number of halogens is 3. The van der Waals surface area contributed by atoms with Crippen molar-refractivity contribution >= 4 is 59.5 Å². The first-order valence-electron chi connectivity index (χ1n) is 9.92. The zero-order chi connectivity index (χ0) is 20.2. The van der Waals surface area contributed by atoms with Gasteiger partial charge < -0.3 is 4.74 Å². The van der Waals surface area contributed by atoms with Crippen LogP contribution in [0.3, 0.4) is 0 Å². The summed E-state index contributed by atoms with van der Waals surface area (Å²) in [7, 11) is 1.68. The molecule has 2 aromatic carbocycles. The van der Waals surface area contributed by atoms with E-state index in [9.17, 15) is 0 Å². The standard InChI is InChI=1S/C23H25ClN4O.2ClH/c1-29-18-11-12-21-19(14-18)23(16-6-9-17(28-25)10-7-16)27-22(26-21)13-8-15-4-2-3-5-20(15)24;;/h2-5,8,11-14,16-17,28H,6-7,9-10,25H2,1H3;2*1H/t16-,17+;;. The Labute approximate surface area is 200 Å². The van der Waals surface area contributed by atoms with Crippen molar-refractivity contribution in [2.75, 3.05) is 7.11 Å². The predicted molar refractivity (Wildman–Crippen MR) is 133 cm³/mol.